The number of fused-ring (bicyclic) bond motifs is 3. The maximum Gasteiger partial charge on any atom is 0.302 e. The predicted molar refractivity (Wildman–Crippen MR) is 143 cm³/mol. The van der Waals surface area contributed by atoms with Crippen LogP contribution in [0.4, 0.5) is 5.69 Å². The average Bonchev–Trinajstić information content (AvgIpc) is 3.31. The summed E-state index contributed by atoms with van der Waals surface area (Å²) in [5, 5.41) is 8.18. The fraction of sp³-hybridized carbons (Fsp3) is 0.393. The summed E-state index contributed by atoms with van der Waals surface area (Å²) in [6.07, 6.45) is 1.85. The Morgan fingerprint density at radius 2 is 1.84 bits per heavy atom. The maximum atomic E-state index is 12.7. The van der Waals surface area contributed by atoms with E-state index in [-0.39, 0.29) is 60.9 Å². The lowest BCUT2D eigenvalue weighted by atomic mass is 9.97. The summed E-state index contributed by atoms with van der Waals surface area (Å²) in [6, 6.07) is 13.7. The quantitative estimate of drug-likeness (QED) is 0.203. The van der Waals surface area contributed by atoms with Crippen LogP contribution in [0.1, 0.15) is 56.6 Å². The number of anilines is 1. The number of carbonyl (C=O) groups excluding carboxylic acids is 4. The Balaban J connectivity index is 1.35. The van der Waals surface area contributed by atoms with Crippen molar-refractivity contribution in [3.05, 3.63) is 53.6 Å². The van der Waals surface area contributed by atoms with Crippen molar-refractivity contribution in [1.29, 1.82) is 0 Å². The molecule has 194 valence electrons. The molecule has 3 amide bonds. The molecule has 1 heterocycles. The van der Waals surface area contributed by atoms with E-state index >= 15 is 0 Å². The fourth-order valence-corrected chi connectivity index (χ4v) is 5.93. The smallest absolute Gasteiger partial charge is 0.302 e. The number of rotatable bonds is 11. The molecule has 1 fully saturated rings. The van der Waals surface area contributed by atoms with E-state index in [4.69, 9.17) is 10.1 Å². The van der Waals surface area contributed by atoms with Crippen molar-refractivity contribution in [2.45, 2.75) is 50.7 Å². The Bertz CT molecular complexity index is 1240. The zero-order valence-corrected chi connectivity index (χ0v) is 21.9. The molecule has 1 aliphatic carbocycles. The molecule has 2 aromatic rings. The van der Waals surface area contributed by atoms with E-state index in [1.165, 1.54) is 23.6 Å². The Morgan fingerprint density at radius 3 is 2.59 bits per heavy atom. The highest BCUT2D eigenvalue weighted by Gasteiger charge is 2.38. The standard InChI is InChI=1S/C28H31N3O5S/c1-17(29)6-5-13-37-25-15-27(34)31(28(25)35)12-11-26(33)30-19-9-10-22-20-7-3-4-8-21(20)24(23(22)14-19)16-36-18(2)32/h3-4,7-10,14,24-25,29H,5-6,11-13,15-16H2,1-2H3,(H,30,33)/p+1. The molecule has 2 atom stereocenters. The van der Waals surface area contributed by atoms with Crippen molar-refractivity contribution < 1.29 is 29.3 Å². The minimum absolute atomic E-state index is 0.0182. The lowest BCUT2D eigenvalue weighted by molar-refractivity contribution is -0.141. The fourth-order valence-electron chi connectivity index (χ4n) is 4.80. The minimum Gasteiger partial charge on any atom is -0.465 e. The first kappa shape index (κ1) is 26.6. The maximum absolute atomic E-state index is 12.7. The van der Waals surface area contributed by atoms with E-state index in [0.717, 1.165) is 46.6 Å². The highest BCUT2D eigenvalue weighted by Crippen LogP contribution is 2.45. The third-order valence-corrected chi connectivity index (χ3v) is 7.88. The molecule has 4 rings (SSSR count). The van der Waals surface area contributed by atoms with E-state index in [2.05, 4.69) is 5.32 Å². The van der Waals surface area contributed by atoms with Crippen molar-refractivity contribution >= 4 is 46.9 Å². The number of benzene rings is 2. The van der Waals surface area contributed by atoms with Crippen molar-refractivity contribution in [1.82, 2.24) is 4.90 Å². The lowest BCUT2D eigenvalue weighted by Gasteiger charge is -2.16. The molecule has 0 bridgehead atoms. The second-order valence-corrected chi connectivity index (χ2v) is 10.8. The lowest BCUT2D eigenvalue weighted by Crippen LogP contribution is -2.37. The van der Waals surface area contributed by atoms with Gasteiger partial charge in [0.15, 0.2) is 0 Å². The van der Waals surface area contributed by atoms with Crippen molar-refractivity contribution in [2.24, 2.45) is 0 Å². The molecule has 0 radical (unpaired) electrons. The summed E-state index contributed by atoms with van der Waals surface area (Å²) in [4.78, 5) is 50.4. The summed E-state index contributed by atoms with van der Waals surface area (Å²) in [5.41, 5.74) is 5.66. The number of imide groups is 1. The molecule has 1 aliphatic heterocycles. The van der Waals surface area contributed by atoms with Gasteiger partial charge in [-0.05, 0) is 46.6 Å². The van der Waals surface area contributed by atoms with Gasteiger partial charge in [0, 0.05) is 51.3 Å². The average molecular weight is 523 g/mol. The van der Waals surface area contributed by atoms with Crippen LogP contribution in [0.5, 0.6) is 0 Å². The molecule has 0 aromatic heterocycles. The van der Waals surface area contributed by atoms with Crippen LogP contribution in [0, 0.1) is 0 Å². The first-order valence-corrected chi connectivity index (χ1v) is 13.5. The molecule has 3 N–H and O–H groups in total. The molecule has 0 spiro atoms. The van der Waals surface area contributed by atoms with Crippen molar-refractivity contribution in [3.63, 3.8) is 0 Å². The number of thioether (sulfide) groups is 1. The number of nitrogens with zero attached hydrogens (tertiary/aromatic N) is 1. The van der Waals surface area contributed by atoms with E-state index in [0.29, 0.717) is 5.69 Å². The SMILES string of the molecule is CC(=[NH2+])CCCSC1CC(=O)N(CCC(=O)Nc2ccc3c(c2)C(COC(C)=O)c2ccccc2-3)C1=O. The van der Waals surface area contributed by atoms with E-state index in [1.54, 1.807) is 0 Å². The number of nitrogens with two attached hydrogens (primary N) is 1. The van der Waals surface area contributed by atoms with Gasteiger partial charge in [-0.2, -0.15) is 0 Å². The largest absolute Gasteiger partial charge is 0.465 e. The molecule has 0 saturated carbocycles. The number of hydrogen-bond donors (Lipinski definition) is 2. The Hall–Kier alpha value is -3.46. The molecular weight excluding hydrogens is 490 g/mol. The van der Waals surface area contributed by atoms with Gasteiger partial charge in [0.1, 0.15) is 12.3 Å². The zero-order chi connectivity index (χ0) is 26.5. The normalized spacial score (nSPS) is 17.9. The highest BCUT2D eigenvalue weighted by atomic mass is 32.2. The summed E-state index contributed by atoms with van der Waals surface area (Å²) < 4.78 is 5.32. The van der Waals surface area contributed by atoms with Gasteiger partial charge in [0.05, 0.1) is 5.25 Å². The molecule has 2 aromatic carbocycles. The highest BCUT2D eigenvalue weighted by molar-refractivity contribution is 8.00. The number of amides is 3. The first-order valence-electron chi connectivity index (χ1n) is 12.4. The minimum atomic E-state index is -0.388. The number of carbonyl (C=O) groups is 4. The molecule has 9 heteroatoms. The van der Waals surface area contributed by atoms with E-state index < -0.39 is 0 Å². The predicted octanol–water partition coefficient (Wildman–Crippen LogP) is 2.55. The topological polar surface area (TPSA) is 118 Å². The first-order chi connectivity index (χ1) is 17.7. The van der Waals surface area contributed by atoms with Crippen LogP contribution in [-0.4, -0.2) is 58.5 Å². The van der Waals surface area contributed by atoms with Crippen LogP contribution in [0.15, 0.2) is 42.5 Å². The van der Waals surface area contributed by atoms with Gasteiger partial charge in [0.25, 0.3) is 0 Å². The molecule has 2 unspecified atom stereocenters. The number of ether oxygens (including phenoxy) is 1. The van der Waals surface area contributed by atoms with Gasteiger partial charge < -0.3 is 10.1 Å². The molecular formula is C28H32N3O5S+. The number of esters is 1. The van der Waals surface area contributed by atoms with Crippen molar-refractivity contribution in [2.75, 3.05) is 24.2 Å². The Labute approximate surface area is 220 Å². The van der Waals surface area contributed by atoms with Gasteiger partial charge >= 0.3 is 5.97 Å². The van der Waals surface area contributed by atoms with Crippen LogP contribution in [0.25, 0.3) is 11.1 Å². The molecule has 8 nitrogen and oxygen atoms in total. The third-order valence-electron chi connectivity index (χ3n) is 6.59. The van der Waals surface area contributed by atoms with E-state index in [9.17, 15) is 19.2 Å². The molecule has 2 aliphatic rings. The van der Waals surface area contributed by atoms with Crippen molar-refractivity contribution in [3.8, 4) is 11.1 Å². The third kappa shape index (κ3) is 6.28. The summed E-state index contributed by atoms with van der Waals surface area (Å²) in [6.45, 7) is 3.53. The second-order valence-electron chi connectivity index (χ2n) is 9.44. The number of hydrogen-bond acceptors (Lipinski definition) is 6. The van der Waals surface area contributed by atoms with Crippen LogP contribution < -0.4 is 10.7 Å². The molecule has 1 saturated heterocycles. The van der Waals surface area contributed by atoms with Gasteiger partial charge in [-0.15, -0.1) is 11.8 Å². The second kappa shape index (κ2) is 11.7. The molecule has 37 heavy (non-hydrogen) atoms. The summed E-state index contributed by atoms with van der Waals surface area (Å²) in [7, 11) is 0. The monoisotopic (exact) mass is 522 g/mol. The van der Waals surface area contributed by atoms with Gasteiger partial charge in [-0.1, -0.05) is 30.3 Å². The van der Waals surface area contributed by atoms with Gasteiger partial charge in [0.2, 0.25) is 17.7 Å². The van der Waals surface area contributed by atoms with Crippen LogP contribution in [0.2, 0.25) is 0 Å². The zero-order valence-electron chi connectivity index (χ0n) is 21.1. The van der Waals surface area contributed by atoms with Crippen LogP contribution >= 0.6 is 11.8 Å². The number of likely N-dealkylation sites (tertiary alicyclic amines) is 1. The number of nitrogens with one attached hydrogen (secondary N) is 1. The van der Waals surface area contributed by atoms with Crippen LogP contribution in [0.3, 0.4) is 0 Å². The Kier molecular flexibility index (Phi) is 8.43. The summed E-state index contributed by atoms with van der Waals surface area (Å²) in [5.74, 6) is -0.440. The Morgan fingerprint density at radius 1 is 1.08 bits per heavy atom. The van der Waals surface area contributed by atoms with Gasteiger partial charge in [-0.25, -0.2) is 0 Å². The van der Waals surface area contributed by atoms with Gasteiger partial charge in [-0.3, -0.25) is 29.5 Å². The summed E-state index contributed by atoms with van der Waals surface area (Å²) >= 11 is 1.48. The van der Waals surface area contributed by atoms with E-state index in [1.807, 2.05) is 49.4 Å². The van der Waals surface area contributed by atoms with Crippen LogP contribution in [-0.2, 0) is 23.9 Å².